The molecule has 0 spiro atoms. The molecule has 2 rings (SSSR count). The molecule has 0 aromatic heterocycles. The molecule has 1 fully saturated rings. The van der Waals surface area contributed by atoms with Crippen molar-refractivity contribution in [3.05, 3.63) is 29.8 Å². The molecule has 18 heavy (non-hydrogen) atoms. The van der Waals surface area contributed by atoms with Gasteiger partial charge in [-0.15, -0.1) is 0 Å². The Morgan fingerprint density at radius 2 is 1.94 bits per heavy atom. The SMILES string of the molecule is Cc1ccc(S(=O)(=O)N2C[C@H](CI)[C@H](O)C2)cc1. The van der Waals surface area contributed by atoms with Crippen molar-refractivity contribution < 1.29 is 13.5 Å². The zero-order valence-electron chi connectivity index (χ0n) is 10.1. The predicted molar refractivity (Wildman–Crippen MR) is 78.3 cm³/mol. The highest BCUT2D eigenvalue weighted by atomic mass is 127. The van der Waals surface area contributed by atoms with Crippen LogP contribution in [0, 0.1) is 12.8 Å². The van der Waals surface area contributed by atoms with Crippen molar-refractivity contribution in [2.75, 3.05) is 17.5 Å². The summed E-state index contributed by atoms with van der Waals surface area (Å²) in [6.45, 7) is 2.52. The van der Waals surface area contributed by atoms with Gasteiger partial charge in [-0.05, 0) is 19.1 Å². The number of hydrogen-bond acceptors (Lipinski definition) is 3. The van der Waals surface area contributed by atoms with Gasteiger partial charge >= 0.3 is 0 Å². The van der Waals surface area contributed by atoms with Gasteiger partial charge in [-0.1, -0.05) is 40.3 Å². The summed E-state index contributed by atoms with van der Waals surface area (Å²) < 4.78 is 26.9. The van der Waals surface area contributed by atoms with Gasteiger partial charge in [0, 0.05) is 23.4 Å². The molecule has 4 nitrogen and oxygen atoms in total. The van der Waals surface area contributed by atoms with Crippen molar-refractivity contribution in [1.29, 1.82) is 0 Å². The Morgan fingerprint density at radius 3 is 2.44 bits per heavy atom. The van der Waals surface area contributed by atoms with E-state index in [4.69, 9.17) is 0 Å². The van der Waals surface area contributed by atoms with Gasteiger partial charge in [-0.25, -0.2) is 8.42 Å². The number of nitrogens with zero attached hydrogens (tertiary/aromatic N) is 1. The number of halogens is 1. The van der Waals surface area contributed by atoms with Crippen LogP contribution in [0.1, 0.15) is 5.56 Å². The van der Waals surface area contributed by atoms with E-state index in [9.17, 15) is 13.5 Å². The van der Waals surface area contributed by atoms with Gasteiger partial charge in [-0.3, -0.25) is 0 Å². The van der Waals surface area contributed by atoms with Crippen molar-refractivity contribution in [2.24, 2.45) is 5.92 Å². The third-order valence-corrected chi connectivity index (χ3v) is 6.21. The lowest BCUT2D eigenvalue weighted by Gasteiger charge is -2.16. The smallest absolute Gasteiger partial charge is 0.243 e. The summed E-state index contributed by atoms with van der Waals surface area (Å²) in [5, 5.41) is 9.80. The van der Waals surface area contributed by atoms with Crippen LogP contribution >= 0.6 is 22.6 Å². The zero-order chi connectivity index (χ0) is 13.3. The molecular weight excluding hydrogens is 365 g/mol. The molecule has 0 aliphatic carbocycles. The summed E-state index contributed by atoms with van der Waals surface area (Å²) in [6.07, 6.45) is -0.554. The van der Waals surface area contributed by atoms with E-state index in [-0.39, 0.29) is 12.5 Å². The molecule has 0 amide bonds. The third-order valence-electron chi connectivity index (χ3n) is 3.23. The van der Waals surface area contributed by atoms with Crippen LogP contribution in [-0.4, -0.2) is 41.5 Å². The lowest BCUT2D eigenvalue weighted by molar-refractivity contribution is 0.156. The minimum atomic E-state index is -3.46. The maximum atomic E-state index is 12.4. The molecule has 0 saturated carbocycles. The van der Waals surface area contributed by atoms with E-state index in [1.54, 1.807) is 24.3 Å². The average Bonchev–Trinajstić information content (AvgIpc) is 2.72. The molecule has 1 aliphatic rings. The summed E-state index contributed by atoms with van der Waals surface area (Å²) in [5.74, 6) is 0.0332. The Labute approximate surface area is 121 Å². The number of rotatable bonds is 3. The Kier molecular flexibility index (Phi) is 4.30. The minimum absolute atomic E-state index is 0.0332. The van der Waals surface area contributed by atoms with E-state index in [1.807, 2.05) is 6.92 Å². The van der Waals surface area contributed by atoms with Crippen LogP contribution in [0.2, 0.25) is 0 Å². The molecule has 1 aromatic rings. The summed E-state index contributed by atoms with van der Waals surface area (Å²) in [4.78, 5) is 0.300. The van der Waals surface area contributed by atoms with Crippen LogP contribution in [0.4, 0.5) is 0 Å². The summed E-state index contributed by atoms with van der Waals surface area (Å²) >= 11 is 2.18. The largest absolute Gasteiger partial charge is 0.391 e. The van der Waals surface area contributed by atoms with Crippen molar-refractivity contribution >= 4 is 32.6 Å². The van der Waals surface area contributed by atoms with Gasteiger partial charge in [-0.2, -0.15) is 4.31 Å². The van der Waals surface area contributed by atoms with Crippen molar-refractivity contribution in [3.8, 4) is 0 Å². The maximum Gasteiger partial charge on any atom is 0.243 e. The predicted octanol–water partition coefficient (Wildman–Crippen LogP) is 1.41. The minimum Gasteiger partial charge on any atom is -0.391 e. The van der Waals surface area contributed by atoms with Crippen LogP contribution in [0.5, 0.6) is 0 Å². The number of alkyl halides is 1. The first-order valence-corrected chi connectivity index (χ1v) is 8.72. The first-order chi connectivity index (χ1) is 8.45. The third kappa shape index (κ3) is 2.71. The van der Waals surface area contributed by atoms with Crippen molar-refractivity contribution in [2.45, 2.75) is 17.9 Å². The first kappa shape index (κ1) is 14.2. The zero-order valence-corrected chi connectivity index (χ0v) is 13.1. The second kappa shape index (κ2) is 5.44. The number of aryl methyl sites for hydroxylation is 1. The summed E-state index contributed by atoms with van der Waals surface area (Å²) in [7, 11) is -3.46. The lowest BCUT2D eigenvalue weighted by atomic mass is 10.1. The molecule has 1 aromatic carbocycles. The standard InChI is InChI=1S/C12H16INO3S/c1-9-2-4-11(5-3-9)18(16,17)14-7-10(6-13)12(15)8-14/h2-5,10,12,15H,6-8H2,1H3/t10-,12+/m0/s1. The van der Waals surface area contributed by atoms with E-state index in [1.165, 1.54) is 4.31 Å². The normalized spacial score (nSPS) is 25.5. The molecule has 0 unspecified atom stereocenters. The lowest BCUT2D eigenvalue weighted by Crippen LogP contribution is -2.29. The highest BCUT2D eigenvalue weighted by Gasteiger charge is 2.37. The molecule has 1 heterocycles. The number of sulfonamides is 1. The van der Waals surface area contributed by atoms with E-state index in [2.05, 4.69) is 22.6 Å². The molecule has 1 N–H and O–H groups in total. The van der Waals surface area contributed by atoms with Gasteiger partial charge in [0.25, 0.3) is 0 Å². The van der Waals surface area contributed by atoms with Gasteiger partial charge in [0.05, 0.1) is 11.0 Å². The molecule has 100 valence electrons. The molecule has 1 aliphatic heterocycles. The van der Waals surface area contributed by atoms with Crippen LogP contribution in [-0.2, 0) is 10.0 Å². The molecule has 1 saturated heterocycles. The van der Waals surface area contributed by atoms with Crippen LogP contribution < -0.4 is 0 Å². The molecule has 6 heteroatoms. The summed E-state index contributed by atoms with van der Waals surface area (Å²) in [5.41, 5.74) is 1.03. The number of hydrogen-bond donors (Lipinski definition) is 1. The quantitative estimate of drug-likeness (QED) is 0.637. The number of benzene rings is 1. The van der Waals surface area contributed by atoms with E-state index in [0.717, 1.165) is 9.99 Å². The van der Waals surface area contributed by atoms with E-state index < -0.39 is 16.1 Å². The Bertz CT molecular complexity index is 515. The average molecular weight is 381 g/mol. The van der Waals surface area contributed by atoms with E-state index >= 15 is 0 Å². The monoisotopic (exact) mass is 381 g/mol. The van der Waals surface area contributed by atoms with Gasteiger partial charge in [0.2, 0.25) is 10.0 Å². The fraction of sp³-hybridized carbons (Fsp3) is 0.500. The number of β-amino-alcohol motifs (C(OH)–C–C–N with tert-alkyl or cyclic N) is 1. The van der Waals surface area contributed by atoms with Crippen molar-refractivity contribution in [3.63, 3.8) is 0 Å². The highest BCUT2D eigenvalue weighted by Crippen LogP contribution is 2.25. The van der Waals surface area contributed by atoms with Gasteiger partial charge in [0.1, 0.15) is 0 Å². The van der Waals surface area contributed by atoms with Gasteiger partial charge in [0.15, 0.2) is 0 Å². The van der Waals surface area contributed by atoms with Crippen molar-refractivity contribution in [1.82, 2.24) is 4.31 Å². The topological polar surface area (TPSA) is 57.6 Å². The highest BCUT2D eigenvalue weighted by molar-refractivity contribution is 14.1. The Morgan fingerprint density at radius 1 is 1.33 bits per heavy atom. The number of aliphatic hydroxyl groups excluding tert-OH is 1. The second-order valence-corrected chi connectivity index (χ2v) is 7.44. The first-order valence-electron chi connectivity index (χ1n) is 5.76. The van der Waals surface area contributed by atoms with Gasteiger partial charge < -0.3 is 5.11 Å². The van der Waals surface area contributed by atoms with E-state index in [0.29, 0.717) is 11.4 Å². The second-order valence-electron chi connectivity index (χ2n) is 4.62. The maximum absolute atomic E-state index is 12.4. The molecule has 0 radical (unpaired) electrons. The molecule has 2 atom stereocenters. The van der Waals surface area contributed by atoms with Crippen LogP contribution in [0.3, 0.4) is 0 Å². The number of aliphatic hydroxyl groups is 1. The van der Waals surface area contributed by atoms with Crippen LogP contribution in [0.25, 0.3) is 0 Å². The molecule has 0 bridgehead atoms. The Balaban J connectivity index is 2.25. The molecular formula is C12H16INO3S. The fourth-order valence-electron chi connectivity index (χ4n) is 2.02. The van der Waals surface area contributed by atoms with Crippen LogP contribution in [0.15, 0.2) is 29.2 Å². The summed E-state index contributed by atoms with van der Waals surface area (Å²) in [6, 6.07) is 6.81. The Hall–Kier alpha value is -0.180. The fourth-order valence-corrected chi connectivity index (χ4v) is 4.40.